The van der Waals surface area contributed by atoms with E-state index < -0.39 is 6.10 Å². The molecule has 1 atom stereocenters. The molecule has 0 amide bonds. The van der Waals surface area contributed by atoms with Crippen molar-refractivity contribution in [2.45, 2.75) is 213 Å². The van der Waals surface area contributed by atoms with Gasteiger partial charge in [0.2, 0.25) is 0 Å². The molecule has 0 heterocycles. The van der Waals surface area contributed by atoms with Crippen LogP contribution in [0, 0.1) is 0 Å². The van der Waals surface area contributed by atoms with Gasteiger partial charge in [0, 0.05) is 12.8 Å². The van der Waals surface area contributed by atoms with Crippen LogP contribution in [0.15, 0.2) is 24.3 Å². The van der Waals surface area contributed by atoms with Crippen molar-refractivity contribution in [2.24, 2.45) is 0 Å². The fourth-order valence-corrected chi connectivity index (χ4v) is 5.70. The molecule has 270 valence electrons. The monoisotopic (exact) mass is 649 g/mol. The number of allylic oxidation sites excluding steroid dienone is 4. The number of unbranched alkanes of at least 4 members (excludes halogenated alkanes) is 24. The summed E-state index contributed by atoms with van der Waals surface area (Å²) in [6.45, 7) is 4.12. The van der Waals surface area contributed by atoms with Crippen LogP contribution in [-0.2, 0) is 19.1 Å². The van der Waals surface area contributed by atoms with Crippen LogP contribution in [-0.4, -0.2) is 36.4 Å². The molecule has 1 N–H and O–H groups in total. The number of carbonyl (C=O) groups is 2. The van der Waals surface area contributed by atoms with Crippen LogP contribution in [0.4, 0.5) is 0 Å². The van der Waals surface area contributed by atoms with Gasteiger partial charge in [-0.25, -0.2) is 0 Å². The van der Waals surface area contributed by atoms with Crippen LogP contribution in [0.25, 0.3) is 0 Å². The summed E-state index contributed by atoms with van der Waals surface area (Å²) in [5, 5.41) is 9.54. The standard InChI is InChI=1S/C41H76O5/c1-3-5-7-9-11-13-15-17-18-19-20-21-22-24-25-27-29-31-33-35-40(43)45-38-39(37-42)46-41(44)36-34-32-30-28-26-23-16-14-12-10-8-6-4-2/h11,13,17-18,39,42H,3-10,12,14-16,19-38H2,1-2H3/b13-11+,18-17+/t39-/m0/s1. The lowest BCUT2D eigenvalue weighted by atomic mass is 10.0. The maximum Gasteiger partial charge on any atom is 0.306 e. The number of carbonyl (C=O) groups excluding carboxylic acids is 2. The fraction of sp³-hybridized carbons (Fsp3) is 0.854. The number of ether oxygens (including phenoxy) is 2. The molecule has 0 spiro atoms. The summed E-state index contributed by atoms with van der Waals surface area (Å²) in [4.78, 5) is 24.2. The molecule has 0 aliphatic rings. The van der Waals surface area contributed by atoms with Crippen LogP contribution in [0.1, 0.15) is 206 Å². The molecule has 0 aromatic rings. The van der Waals surface area contributed by atoms with E-state index in [0.29, 0.717) is 12.8 Å². The predicted octanol–water partition coefficient (Wildman–Crippen LogP) is 12.3. The average molecular weight is 649 g/mol. The molecule has 5 nitrogen and oxygen atoms in total. The number of aliphatic hydroxyl groups is 1. The van der Waals surface area contributed by atoms with Crippen molar-refractivity contribution in [2.75, 3.05) is 13.2 Å². The molecular weight excluding hydrogens is 572 g/mol. The Bertz CT molecular complexity index is 701. The van der Waals surface area contributed by atoms with Gasteiger partial charge in [0.15, 0.2) is 6.10 Å². The van der Waals surface area contributed by atoms with Gasteiger partial charge in [-0.05, 0) is 44.9 Å². The van der Waals surface area contributed by atoms with E-state index in [9.17, 15) is 14.7 Å². The molecule has 0 aliphatic heterocycles. The van der Waals surface area contributed by atoms with E-state index in [-0.39, 0.29) is 25.2 Å². The predicted molar refractivity (Wildman–Crippen MR) is 196 cm³/mol. The minimum absolute atomic E-state index is 0.0638. The van der Waals surface area contributed by atoms with Gasteiger partial charge >= 0.3 is 11.9 Å². The molecule has 0 aliphatic carbocycles. The van der Waals surface area contributed by atoms with Crippen molar-refractivity contribution in [3.8, 4) is 0 Å². The third kappa shape index (κ3) is 35.2. The van der Waals surface area contributed by atoms with Crippen molar-refractivity contribution in [3.63, 3.8) is 0 Å². The smallest absolute Gasteiger partial charge is 0.306 e. The number of aliphatic hydroxyl groups excluding tert-OH is 1. The van der Waals surface area contributed by atoms with Gasteiger partial charge in [-0.3, -0.25) is 9.59 Å². The lowest BCUT2D eigenvalue weighted by Crippen LogP contribution is -2.28. The highest BCUT2D eigenvalue weighted by atomic mass is 16.6. The molecule has 0 bridgehead atoms. The van der Waals surface area contributed by atoms with Crippen LogP contribution >= 0.6 is 0 Å². The lowest BCUT2D eigenvalue weighted by molar-refractivity contribution is -0.161. The molecule has 0 rings (SSSR count). The number of rotatable bonds is 36. The highest BCUT2D eigenvalue weighted by molar-refractivity contribution is 5.70. The molecular formula is C41H76O5. The summed E-state index contributed by atoms with van der Waals surface area (Å²) < 4.78 is 10.6. The Labute approximate surface area is 285 Å². The van der Waals surface area contributed by atoms with Crippen molar-refractivity contribution >= 4 is 11.9 Å². The largest absolute Gasteiger partial charge is 0.462 e. The lowest BCUT2D eigenvalue weighted by Gasteiger charge is -2.15. The van der Waals surface area contributed by atoms with Gasteiger partial charge in [-0.1, -0.05) is 173 Å². The molecule has 0 radical (unpaired) electrons. The maximum atomic E-state index is 12.1. The molecule has 0 unspecified atom stereocenters. The Morgan fingerprint density at radius 3 is 1.33 bits per heavy atom. The number of esters is 2. The minimum Gasteiger partial charge on any atom is -0.462 e. The maximum absolute atomic E-state index is 12.1. The fourth-order valence-electron chi connectivity index (χ4n) is 5.70. The zero-order valence-corrected chi connectivity index (χ0v) is 30.6. The number of hydrogen-bond donors (Lipinski definition) is 1. The van der Waals surface area contributed by atoms with E-state index in [2.05, 4.69) is 38.2 Å². The van der Waals surface area contributed by atoms with Crippen LogP contribution < -0.4 is 0 Å². The molecule has 46 heavy (non-hydrogen) atoms. The molecule has 0 fully saturated rings. The van der Waals surface area contributed by atoms with Gasteiger partial charge in [0.1, 0.15) is 6.61 Å². The Morgan fingerprint density at radius 2 is 0.870 bits per heavy atom. The first-order valence-electron chi connectivity index (χ1n) is 19.9. The summed E-state index contributed by atoms with van der Waals surface area (Å²) in [7, 11) is 0. The van der Waals surface area contributed by atoms with E-state index in [4.69, 9.17) is 9.47 Å². The van der Waals surface area contributed by atoms with E-state index in [1.165, 1.54) is 135 Å². The Kier molecular flexibility index (Phi) is 36.5. The second-order valence-electron chi connectivity index (χ2n) is 13.4. The van der Waals surface area contributed by atoms with Crippen molar-refractivity contribution in [3.05, 3.63) is 24.3 Å². The third-order valence-electron chi connectivity index (χ3n) is 8.75. The minimum atomic E-state index is -0.767. The average Bonchev–Trinajstić information content (AvgIpc) is 3.06. The molecule has 0 saturated heterocycles. The quantitative estimate of drug-likeness (QED) is 0.0416. The first-order chi connectivity index (χ1) is 22.6. The molecule has 0 saturated carbocycles. The highest BCUT2D eigenvalue weighted by Gasteiger charge is 2.16. The van der Waals surface area contributed by atoms with Gasteiger partial charge in [0.05, 0.1) is 6.61 Å². The topological polar surface area (TPSA) is 72.8 Å². The summed E-state index contributed by atoms with van der Waals surface area (Å²) >= 11 is 0. The van der Waals surface area contributed by atoms with Crippen molar-refractivity contribution < 1.29 is 24.2 Å². The van der Waals surface area contributed by atoms with Crippen molar-refractivity contribution in [1.82, 2.24) is 0 Å². The van der Waals surface area contributed by atoms with E-state index >= 15 is 0 Å². The summed E-state index contributed by atoms with van der Waals surface area (Å²) in [5.74, 6) is -0.588. The normalized spacial score (nSPS) is 12.3. The second kappa shape index (κ2) is 37.8. The third-order valence-corrected chi connectivity index (χ3v) is 8.75. The zero-order chi connectivity index (χ0) is 33.6. The number of hydrogen-bond acceptors (Lipinski definition) is 5. The first-order valence-corrected chi connectivity index (χ1v) is 19.9. The summed E-state index contributed by atoms with van der Waals surface area (Å²) in [5.41, 5.74) is 0. The molecule has 5 heteroatoms. The SMILES string of the molecule is CCCCC/C=C/C/C=C/CCCCCCCCCCCC(=O)OC[C@H](CO)OC(=O)CCCCCCCCCCCCCCC. The highest BCUT2D eigenvalue weighted by Crippen LogP contribution is 2.14. The molecule has 0 aromatic heterocycles. The van der Waals surface area contributed by atoms with Gasteiger partial charge in [-0.2, -0.15) is 0 Å². The van der Waals surface area contributed by atoms with E-state index in [0.717, 1.165) is 44.9 Å². The Morgan fingerprint density at radius 1 is 0.500 bits per heavy atom. The second-order valence-corrected chi connectivity index (χ2v) is 13.4. The van der Waals surface area contributed by atoms with E-state index in [1.54, 1.807) is 0 Å². The van der Waals surface area contributed by atoms with Gasteiger partial charge in [0.25, 0.3) is 0 Å². The summed E-state index contributed by atoms with van der Waals surface area (Å²) in [6, 6.07) is 0. The van der Waals surface area contributed by atoms with Gasteiger partial charge < -0.3 is 14.6 Å². The zero-order valence-electron chi connectivity index (χ0n) is 30.6. The Balaban J connectivity index is 3.53. The van der Waals surface area contributed by atoms with Crippen LogP contribution in [0.3, 0.4) is 0 Å². The van der Waals surface area contributed by atoms with Crippen LogP contribution in [0.2, 0.25) is 0 Å². The molecule has 0 aromatic carbocycles. The summed E-state index contributed by atoms with van der Waals surface area (Å²) in [6.07, 6.45) is 43.8. The van der Waals surface area contributed by atoms with Gasteiger partial charge in [-0.15, -0.1) is 0 Å². The van der Waals surface area contributed by atoms with Crippen molar-refractivity contribution in [1.29, 1.82) is 0 Å². The Hall–Kier alpha value is -1.62. The van der Waals surface area contributed by atoms with E-state index in [1.807, 2.05) is 0 Å². The first kappa shape index (κ1) is 44.4. The van der Waals surface area contributed by atoms with Crippen LogP contribution in [0.5, 0.6) is 0 Å².